The highest BCUT2D eigenvalue weighted by Gasteiger charge is 1.90. The molecule has 24 heavy (non-hydrogen) atoms. The molecular formula is C18H40O6. The maximum absolute atomic E-state index is 8.36. The van der Waals surface area contributed by atoms with Crippen LogP contribution in [0.1, 0.15) is 52.4 Å². The molecule has 0 rings (SSSR count). The molecule has 2 N–H and O–H groups in total. The monoisotopic (exact) mass is 352 g/mol. The molecule has 0 saturated heterocycles. The first kappa shape index (κ1) is 26.0. The molecule has 0 aromatic rings. The van der Waals surface area contributed by atoms with E-state index in [9.17, 15) is 0 Å². The molecule has 0 fully saturated rings. The van der Waals surface area contributed by atoms with Gasteiger partial charge in [-0.25, -0.2) is 0 Å². The van der Waals surface area contributed by atoms with Crippen LogP contribution in [0.5, 0.6) is 0 Å². The molecule has 0 radical (unpaired) electrons. The molecule has 0 aromatic carbocycles. The third kappa shape index (κ3) is 29.7. The van der Waals surface area contributed by atoms with Crippen LogP contribution in [-0.4, -0.2) is 76.3 Å². The Morgan fingerprint density at radius 1 is 0.500 bits per heavy atom. The third-order valence-corrected chi connectivity index (χ3v) is 3.06. The van der Waals surface area contributed by atoms with Gasteiger partial charge in [-0.3, -0.25) is 0 Å². The largest absolute Gasteiger partial charge is 0.394 e. The van der Waals surface area contributed by atoms with Crippen molar-refractivity contribution in [2.45, 2.75) is 52.4 Å². The van der Waals surface area contributed by atoms with Crippen molar-refractivity contribution in [1.29, 1.82) is 0 Å². The van der Waals surface area contributed by atoms with Crippen molar-refractivity contribution in [3.63, 3.8) is 0 Å². The second kappa shape index (κ2) is 27.6. The smallest absolute Gasteiger partial charge is 0.0701 e. The van der Waals surface area contributed by atoms with Crippen molar-refractivity contribution in [2.75, 3.05) is 66.1 Å². The van der Waals surface area contributed by atoms with Gasteiger partial charge in [-0.1, -0.05) is 39.0 Å². The van der Waals surface area contributed by atoms with Crippen LogP contribution in [0, 0.1) is 0 Å². The molecule has 0 aromatic heterocycles. The van der Waals surface area contributed by atoms with Crippen LogP contribution in [0.3, 0.4) is 0 Å². The van der Waals surface area contributed by atoms with Crippen molar-refractivity contribution in [3.8, 4) is 0 Å². The fourth-order valence-electron chi connectivity index (χ4n) is 1.80. The molecule has 0 aliphatic rings. The third-order valence-electron chi connectivity index (χ3n) is 3.06. The standard InChI is InChI=1S/C10H22O.C8H18O5/c1-3-5-6-7-8-9-10-11-4-2;9-1-3-11-5-7-13-8-6-12-4-2-10/h3-10H2,1-2H3;9-10H,1-8H2. The van der Waals surface area contributed by atoms with Gasteiger partial charge in [0, 0.05) is 13.2 Å². The van der Waals surface area contributed by atoms with E-state index in [1.54, 1.807) is 0 Å². The first-order valence-electron chi connectivity index (χ1n) is 9.36. The maximum Gasteiger partial charge on any atom is 0.0701 e. The average Bonchev–Trinajstić information content (AvgIpc) is 2.60. The molecule has 0 unspecified atom stereocenters. The van der Waals surface area contributed by atoms with Crippen molar-refractivity contribution in [3.05, 3.63) is 0 Å². The summed E-state index contributed by atoms with van der Waals surface area (Å²) < 4.78 is 20.3. The molecule has 0 atom stereocenters. The van der Waals surface area contributed by atoms with Gasteiger partial charge in [0.2, 0.25) is 0 Å². The summed E-state index contributed by atoms with van der Waals surface area (Å²) in [5.74, 6) is 0. The minimum absolute atomic E-state index is 0.0413. The topological polar surface area (TPSA) is 77.4 Å². The van der Waals surface area contributed by atoms with Gasteiger partial charge in [-0.05, 0) is 13.3 Å². The highest BCUT2D eigenvalue weighted by Crippen LogP contribution is 2.04. The summed E-state index contributed by atoms with van der Waals surface area (Å²) in [5, 5.41) is 16.7. The fraction of sp³-hybridized carbons (Fsp3) is 1.00. The summed E-state index contributed by atoms with van der Waals surface area (Å²) in [6, 6.07) is 0. The zero-order valence-corrected chi connectivity index (χ0v) is 15.8. The minimum Gasteiger partial charge on any atom is -0.394 e. The number of aliphatic hydroxyl groups excluding tert-OH is 2. The van der Waals surface area contributed by atoms with Crippen LogP contribution in [0.25, 0.3) is 0 Å². The Balaban J connectivity index is 0. The van der Waals surface area contributed by atoms with Gasteiger partial charge in [-0.15, -0.1) is 0 Å². The molecule has 0 saturated carbocycles. The Bertz CT molecular complexity index is 174. The van der Waals surface area contributed by atoms with E-state index in [1.807, 2.05) is 0 Å². The maximum atomic E-state index is 8.36. The molecule has 0 bridgehead atoms. The van der Waals surface area contributed by atoms with Gasteiger partial charge < -0.3 is 29.2 Å². The van der Waals surface area contributed by atoms with Gasteiger partial charge >= 0.3 is 0 Å². The lowest BCUT2D eigenvalue weighted by molar-refractivity contribution is 0.00230. The zero-order chi connectivity index (χ0) is 18.1. The summed E-state index contributed by atoms with van der Waals surface area (Å²) in [6.45, 7) is 8.90. The molecular weight excluding hydrogens is 312 g/mol. The van der Waals surface area contributed by atoms with E-state index in [0.717, 1.165) is 13.2 Å². The molecule has 6 nitrogen and oxygen atoms in total. The summed E-state index contributed by atoms with van der Waals surface area (Å²) in [5.41, 5.74) is 0. The normalized spacial score (nSPS) is 10.5. The second-order valence-corrected chi connectivity index (χ2v) is 5.25. The fourth-order valence-corrected chi connectivity index (χ4v) is 1.80. The van der Waals surface area contributed by atoms with Crippen molar-refractivity contribution < 1.29 is 29.2 Å². The van der Waals surface area contributed by atoms with Crippen molar-refractivity contribution in [1.82, 2.24) is 0 Å². The number of aliphatic hydroxyl groups is 2. The number of hydrogen-bond acceptors (Lipinski definition) is 6. The predicted octanol–water partition coefficient (Wildman–Crippen LogP) is 2.40. The predicted molar refractivity (Wildman–Crippen MR) is 96.5 cm³/mol. The van der Waals surface area contributed by atoms with Crippen LogP contribution < -0.4 is 0 Å². The Kier molecular flexibility index (Phi) is 29.9. The van der Waals surface area contributed by atoms with E-state index < -0.39 is 0 Å². The number of unbranched alkanes of at least 4 members (excludes halogenated alkanes) is 5. The quantitative estimate of drug-likeness (QED) is 0.369. The Labute approximate surface area is 148 Å². The summed E-state index contributed by atoms with van der Waals surface area (Å²) >= 11 is 0. The van der Waals surface area contributed by atoms with Crippen LogP contribution in [-0.2, 0) is 18.9 Å². The van der Waals surface area contributed by atoms with Crippen LogP contribution in [0.15, 0.2) is 0 Å². The van der Waals surface area contributed by atoms with Crippen molar-refractivity contribution >= 4 is 0 Å². The van der Waals surface area contributed by atoms with E-state index in [1.165, 1.54) is 38.5 Å². The molecule has 0 aliphatic heterocycles. The van der Waals surface area contributed by atoms with Gasteiger partial charge in [0.05, 0.1) is 52.9 Å². The Hall–Kier alpha value is -0.240. The van der Waals surface area contributed by atoms with Crippen LogP contribution in [0.2, 0.25) is 0 Å². The van der Waals surface area contributed by atoms with Gasteiger partial charge in [0.25, 0.3) is 0 Å². The average molecular weight is 353 g/mol. The first-order chi connectivity index (χ1) is 11.8. The van der Waals surface area contributed by atoms with Gasteiger partial charge in [-0.2, -0.15) is 0 Å². The molecule has 0 amide bonds. The molecule has 0 spiro atoms. The molecule has 6 heteroatoms. The first-order valence-corrected chi connectivity index (χ1v) is 9.36. The van der Waals surface area contributed by atoms with E-state index in [0.29, 0.717) is 39.6 Å². The second-order valence-electron chi connectivity index (χ2n) is 5.25. The summed E-state index contributed by atoms with van der Waals surface area (Å²) in [6.07, 6.45) is 8.13. The summed E-state index contributed by atoms with van der Waals surface area (Å²) in [7, 11) is 0. The lowest BCUT2D eigenvalue weighted by Gasteiger charge is -2.04. The van der Waals surface area contributed by atoms with Gasteiger partial charge in [0.15, 0.2) is 0 Å². The van der Waals surface area contributed by atoms with Crippen molar-refractivity contribution in [2.24, 2.45) is 0 Å². The number of ether oxygens (including phenoxy) is 4. The van der Waals surface area contributed by atoms with Crippen LogP contribution in [0.4, 0.5) is 0 Å². The van der Waals surface area contributed by atoms with E-state index in [4.69, 9.17) is 29.2 Å². The highest BCUT2D eigenvalue weighted by atomic mass is 16.5. The SMILES string of the molecule is CCCCCCCCOCC.OCCOCCOCCOCCO. The van der Waals surface area contributed by atoms with E-state index >= 15 is 0 Å². The molecule has 148 valence electrons. The lowest BCUT2D eigenvalue weighted by atomic mass is 10.1. The molecule has 0 aliphatic carbocycles. The highest BCUT2D eigenvalue weighted by molar-refractivity contribution is 4.42. The van der Waals surface area contributed by atoms with Gasteiger partial charge in [0.1, 0.15) is 0 Å². The summed E-state index contributed by atoms with van der Waals surface area (Å²) in [4.78, 5) is 0. The number of rotatable bonds is 18. The Morgan fingerprint density at radius 2 is 0.958 bits per heavy atom. The van der Waals surface area contributed by atoms with E-state index in [2.05, 4.69) is 13.8 Å². The zero-order valence-electron chi connectivity index (χ0n) is 15.8. The Morgan fingerprint density at radius 3 is 1.42 bits per heavy atom. The molecule has 0 heterocycles. The number of hydrogen-bond donors (Lipinski definition) is 2. The van der Waals surface area contributed by atoms with Crippen LogP contribution >= 0.6 is 0 Å². The minimum atomic E-state index is 0.0413. The lowest BCUT2D eigenvalue weighted by Crippen LogP contribution is -2.11. The van der Waals surface area contributed by atoms with E-state index in [-0.39, 0.29) is 13.2 Å².